The number of amides is 1. The van der Waals surface area contributed by atoms with Gasteiger partial charge in [0, 0.05) is 24.7 Å². The maximum Gasteiger partial charge on any atom is 0.238 e. The lowest BCUT2D eigenvalue weighted by atomic mass is 10.0. The first-order chi connectivity index (χ1) is 12.4. The van der Waals surface area contributed by atoms with Crippen molar-refractivity contribution in [2.45, 2.75) is 10.9 Å². The molecule has 0 unspecified atom stereocenters. The summed E-state index contributed by atoms with van der Waals surface area (Å²) < 4.78 is 25.2. The molecule has 0 aromatic heterocycles. The first-order valence-corrected chi connectivity index (χ1v) is 10.4. The summed E-state index contributed by atoms with van der Waals surface area (Å²) in [5, 5.41) is 0.457. The topological polar surface area (TPSA) is 57.7 Å². The molecule has 1 heterocycles. The summed E-state index contributed by atoms with van der Waals surface area (Å²) in [5.74, 6) is -0.913. The molecule has 1 atom stereocenters. The number of sulfone groups is 1. The van der Waals surface area contributed by atoms with Crippen molar-refractivity contribution >= 4 is 27.3 Å². The van der Waals surface area contributed by atoms with Gasteiger partial charge in [0.25, 0.3) is 0 Å². The lowest BCUT2D eigenvalue weighted by Crippen LogP contribution is -2.50. The maximum absolute atomic E-state index is 12.8. The first kappa shape index (κ1) is 18.9. The Labute approximate surface area is 159 Å². The Kier molecular flexibility index (Phi) is 5.65. The van der Waals surface area contributed by atoms with Gasteiger partial charge in [0.1, 0.15) is 5.75 Å². The zero-order valence-corrected chi connectivity index (χ0v) is 16.1. The molecule has 0 radical (unpaired) electrons. The summed E-state index contributed by atoms with van der Waals surface area (Å²) in [6.45, 7) is 1.90. The molecule has 1 fully saturated rings. The average Bonchev–Trinajstić information content (AvgIpc) is 2.62. The van der Waals surface area contributed by atoms with Crippen LogP contribution in [0.4, 0.5) is 0 Å². The largest absolute Gasteiger partial charge is 0.332 e. The Morgan fingerprint density at radius 3 is 2.38 bits per heavy atom. The number of rotatable bonds is 4. The van der Waals surface area contributed by atoms with Crippen LogP contribution >= 0.6 is 11.6 Å². The van der Waals surface area contributed by atoms with E-state index in [0.717, 1.165) is 12.1 Å². The van der Waals surface area contributed by atoms with Crippen LogP contribution in [0.1, 0.15) is 11.6 Å². The summed E-state index contributed by atoms with van der Waals surface area (Å²) in [4.78, 5) is 16.8. The minimum absolute atomic E-state index is 0.112. The van der Waals surface area contributed by atoms with Crippen molar-refractivity contribution in [1.82, 2.24) is 9.80 Å². The molecule has 1 amide bonds. The molecular formula is C19H21ClN2O3S. The molecule has 0 bridgehead atoms. The third kappa shape index (κ3) is 4.26. The monoisotopic (exact) mass is 392 g/mol. The Bertz CT molecular complexity index is 869. The van der Waals surface area contributed by atoms with Gasteiger partial charge in [0.15, 0.2) is 9.84 Å². The van der Waals surface area contributed by atoms with Gasteiger partial charge >= 0.3 is 0 Å². The number of likely N-dealkylation sites (N-methyl/N-ethyl adjacent to an activating group) is 1. The van der Waals surface area contributed by atoms with E-state index in [0.29, 0.717) is 18.1 Å². The Hall–Kier alpha value is -1.89. The zero-order chi connectivity index (χ0) is 18.7. The van der Waals surface area contributed by atoms with Crippen molar-refractivity contribution in [3.05, 3.63) is 65.2 Å². The lowest BCUT2D eigenvalue weighted by Gasteiger charge is -2.40. The van der Waals surface area contributed by atoms with Crippen LogP contribution in [0.25, 0.3) is 0 Å². The van der Waals surface area contributed by atoms with Gasteiger partial charge in [-0.3, -0.25) is 4.79 Å². The van der Waals surface area contributed by atoms with Gasteiger partial charge in [-0.15, -0.1) is 0 Å². The summed E-state index contributed by atoms with van der Waals surface area (Å²) in [5.41, 5.74) is 1.01. The van der Waals surface area contributed by atoms with E-state index in [1.807, 2.05) is 37.4 Å². The highest BCUT2D eigenvalue weighted by molar-refractivity contribution is 7.92. The minimum atomic E-state index is -3.71. The second-order valence-electron chi connectivity index (χ2n) is 6.49. The van der Waals surface area contributed by atoms with Gasteiger partial charge < -0.3 is 9.80 Å². The van der Waals surface area contributed by atoms with Crippen LogP contribution in [-0.4, -0.2) is 56.6 Å². The SMILES string of the molecule is CN1CCN(C(=O)CS(=O)(=O)c2ccc(Cl)cc2)[C@@H](c2ccccc2)C1. The van der Waals surface area contributed by atoms with Crippen LogP contribution in [0.5, 0.6) is 0 Å². The van der Waals surface area contributed by atoms with Crippen LogP contribution in [0.15, 0.2) is 59.5 Å². The number of halogens is 1. The third-order valence-electron chi connectivity index (χ3n) is 4.57. The molecule has 2 aromatic rings. The molecule has 2 aromatic carbocycles. The molecule has 26 heavy (non-hydrogen) atoms. The van der Waals surface area contributed by atoms with Crippen LogP contribution < -0.4 is 0 Å². The average molecular weight is 393 g/mol. The van der Waals surface area contributed by atoms with Crippen molar-refractivity contribution in [3.8, 4) is 0 Å². The highest BCUT2D eigenvalue weighted by Gasteiger charge is 2.32. The molecule has 1 saturated heterocycles. The van der Waals surface area contributed by atoms with E-state index < -0.39 is 15.6 Å². The molecule has 5 nitrogen and oxygen atoms in total. The standard InChI is InChI=1S/C19H21ClN2O3S/c1-21-11-12-22(18(13-21)15-5-3-2-4-6-15)19(23)14-26(24,25)17-9-7-16(20)8-10-17/h2-10,18H,11-14H2,1H3/t18-/m1/s1. The van der Waals surface area contributed by atoms with Crippen LogP contribution in [0.2, 0.25) is 5.02 Å². The number of nitrogens with zero attached hydrogens (tertiary/aromatic N) is 2. The van der Waals surface area contributed by atoms with E-state index in [4.69, 9.17) is 11.6 Å². The molecule has 7 heteroatoms. The Balaban J connectivity index is 1.81. The molecule has 1 aliphatic rings. The van der Waals surface area contributed by atoms with E-state index in [-0.39, 0.29) is 16.8 Å². The fraction of sp³-hybridized carbons (Fsp3) is 0.316. The molecule has 0 spiro atoms. The second-order valence-corrected chi connectivity index (χ2v) is 8.91. The number of carbonyl (C=O) groups is 1. The highest BCUT2D eigenvalue weighted by Crippen LogP contribution is 2.26. The molecule has 1 aliphatic heterocycles. The normalized spacial score (nSPS) is 18.7. The van der Waals surface area contributed by atoms with Gasteiger partial charge in [0.2, 0.25) is 5.91 Å². The van der Waals surface area contributed by atoms with Crippen molar-refractivity contribution in [2.75, 3.05) is 32.4 Å². The van der Waals surface area contributed by atoms with E-state index in [9.17, 15) is 13.2 Å². The van der Waals surface area contributed by atoms with E-state index in [1.165, 1.54) is 24.3 Å². The molecule has 0 aliphatic carbocycles. The fourth-order valence-electron chi connectivity index (χ4n) is 3.15. The second kappa shape index (κ2) is 7.78. The van der Waals surface area contributed by atoms with E-state index >= 15 is 0 Å². The summed E-state index contributed by atoms with van der Waals surface area (Å²) >= 11 is 5.82. The summed E-state index contributed by atoms with van der Waals surface area (Å²) in [6.07, 6.45) is 0. The van der Waals surface area contributed by atoms with Gasteiger partial charge in [-0.05, 0) is 36.9 Å². The van der Waals surface area contributed by atoms with Crippen molar-refractivity contribution < 1.29 is 13.2 Å². The number of carbonyl (C=O) groups excluding carboxylic acids is 1. The van der Waals surface area contributed by atoms with Crippen LogP contribution in [0, 0.1) is 0 Å². The van der Waals surface area contributed by atoms with E-state index in [1.54, 1.807) is 4.90 Å². The van der Waals surface area contributed by atoms with E-state index in [2.05, 4.69) is 4.90 Å². The summed E-state index contributed by atoms with van der Waals surface area (Å²) in [7, 11) is -1.71. The van der Waals surface area contributed by atoms with Crippen molar-refractivity contribution in [1.29, 1.82) is 0 Å². The fourth-order valence-corrected chi connectivity index (χ4v) is 4.48. The molecule has 0 N–H and O–H groups in total. The van der Waals surface area contributed by atoms with Crippen LogP contribution in [0.3, 0.4) is 0 Å². The first-order valence-electron chi connectivity index (χ1n) is 8.38. The number of hydrogen-bond donors (Lipinski definition) is 0. The number of hydrogen-bond acceptors (Lipinski definition) is 4. The predicted octanol–water partition coefficient (Wildman–Crippen LogP) is 2.63. The van der Waals surface area contributed by atoms with Gasteiger partial charge in [-0.1, -0.05) is 41.9 Å². The van der Waals surface area contributed by atoms with Gasteiger partial charge in [-0.25, -0.2) is 8.42 Å². The van der Waals surface area contributed by atoms with Gasteiger partial charge in [-0.2, -0.15) is 0 Å². The van der Waals surface area contributed by atoms with Crippen molar-refractivity contribution in [3.63, 3.8) is 0 Å². The van der Waals surface area contributed by atoms with Gasteiger partial charge in [0.05, 0.1) is 10.9 Å². The Morgan fingerprint density at radius 2 is 1.73 bits per heavy atom. The molecule has 138 valence electrons. The maximum atomic E-state index is 12.8. The smallest absolute Gasteiger partial charge is 0.238 e. The van der Waals surface area contributed by atoms with Crippen molar-refractivity contribution in [2.24, 2.45) is 0 Å². The summed E-state index contributed by atoms with van der Waals surface area (Å²) in [6, 6.07) is 15.5. The zero-order valence-electron chi connectivity index (χ0n) is 14.5. The minimum Gasteiger partial charge on any atom is -0.332 e. The molecule has 3 rings (SSSR count). The Morgan fingerprint density at radius 1 is 1.08 bits per heavy atom. The number of piperazine rings is 1. The van der Waals surface area contributed by atoms with Crippen LogP contribution in [-0.2, 0) is 14.6 Å². The molecule has 0 saturated carbocycles. The highest BCUT2D eigenvalue weighted by atomic mass is 35.5. The molecular weight excluding hydrogens is 372 g/mol. The number of benzene rings is 2. The third-order valence-corrected chi connectivity index (χ3v) is 6.44. The quantitative estimate of drug-likeness (QED) is 0.802. The lowest BCUT2D eigenvalue weighted by molar-refractivity contribution is -0.133. The predicted molar refractivity (Wildman–Crippen MR) is 102 cm³/mol.